The number of nitrogens with one attached hydrogen (secondary N) is 1. The molecule has 0 saturated carbocycles. The number of aliphatic hydroxyl groups is 1. The summed E-state index contributed by atoms with van der Waals surface area (Å²) in [6.07, 6.45) is 7.85. The van der Waals surface area contributed by atoms with Crippen LogP contribution >= 0.6 is 0 Å². The number of benzene rings is 1. The zero-order valence-corrected chi connectivity index (χ0v) is 19.1. The number of hydrogen-bond donors (Lipinski definition) is 2. The van der Waals surface area contributed by atoms with Crippen molar-refractivity contribution in [1.29, 1.82) is 0 Å². The third-order valence-corrected chi connectivity index (χ3v) is 7.05. The van der Waals surface area contributed by atoms with Crippen LogP contribution < -0.4 is 5.43 Å². The fraction of sp³-hybridized carbons (Fsp3) is 0.440. The molecule has 1 fully saturated rings. The van der Waals surface area contributed by atoms with Crippen LogP contribution in [0.3, 0.4) is 0 Å². The van der Waals surface area contributed by atoms with E-state index >= 15 is 0 Å². The molecular formula is C25H30FN5O2. The van der Waals surface area contributed by atoms with Gasteiger partial charge in [0.15, 0.2) is 0 Å². The first kappa shape index (κ1) is 21.9. The number of piperidine rings is 1. The molecule has 2 N–H and O–H groups in total. The van der Waals surface area contributed by atoms with Crippen LogP contribution in [-0.4, -0.2) is 84.9 Å². The van der Waals surface area contributed by atoms with E-state index in [4.69, 9.17) is 5.11 Å². The molecule has 8 heteroatoms. The van der Waals surface area contributed by atoms with E-state index in [1.165, 1.54) is 5.57 Å². The number of hydrogen-bond acceptors (Lipinski definition) is 6. The zero-order chi connectivity index (χ0) is 23.1. The monoisotopic (exact) mass is 451 g/mol. The van der Waals surface area contributed by atoms with Gasteiger partial charge in [0.2, 0.25) is 5.91 Å². The average molecular weight is 452 g/mol. The highest BCUT2D eigenvalue weighted by atomic mass is 19.1. The Hall–Kier alpha value is -2.97. The van der Waals surface area contributed by atoms with Gasteiger partial charge >= 0.3 is 0 Å². The Labute approximate surface area is 193 Å². The molecule has 0 aromatic heterocycles. The zero-order valence-electron chi connectivity index (χ0n) is 19.1. The van der Waals surface area contributed by atoms with Crippen molar-refractivity contribution in [3.8, 4) is 0 Å². The maximum absolute atomic E-state index is 14.5. The van der Waals surface area contributed by atoms with E-state index in [0.29, 0.717) is 19.0 Å². The van der Waals surface area contributed by atoms with Gasteiger partial charge < -0.3 is 14.9 Å². The van der Waals surface area contributed by atoms with Gasteiger partial charge in [-0.15, -0.1) is 0 Å². The molecule has 3 heterocycles. The Morgan fingerprint density at radius 2 is 2.09 bits per heavy atom. The van der Waals surface area contributed by atoms with Gasteiger partial charge in [-0.1, -0.05) is 6.08 Å². The molecule has 174 valence electrons. The fourth-order valence-electron chi connectivity index (χ4n) is 5.27. The van der Waals surface area contributed by atoms with Gasteiger partial charge in [0.25, 0.3) is 0 Å². The number of amides is 1. The summed E-state index contributed by atoms with van der Waals surface area (Å²) in [5, 5.41) is 13.7. The molecule has 0 atom stereocenters. The van der Waals surface area contributed by atoms with Crippen LogP contribution in [0, 0.1) is 11.7 Å². The fourth-order valence-corrected chi connectivity index (χ4v) is 5.27. The van der Waals surface area contributed by atoms with Gasteiger partial charge in [-0.3, -0.25) is 15.1 Å². The largest absolute Gasteiger partial charge is 0.395 e. The second kappa shape index (κ2) is 8.76. The highest BCUT2D eigenvalue weighted by Crippen LogP contribution is 2.40. The average Bonchev–Trinajstić information content (AvgIpc) is 3.13. The van der Waals surface area contributed by atoms with Crippen LogP contribution in [-0.2, 0) is 4.79 Å². The first-order valence-corrected chi connectivity index (χ1v) is 11.5. The molecule has 0 spiro atoms. The smallest absolute Gasteiger partial charge is 0.236 e. The van der Waals surface area contributed by atoms with E-state index < -0.39 is 0 Å². The molecule has 4 aliphatic rings. The quantitative estimate of drug-likeness (QED) is 0.715. The summed E-state index contributed by atoms with van der Waals surface area (Å²) in [6.45, 7) is 3.21. The number of halogens is 1. The molecule has 5 rings (SSSR count). The Balaban J connectivity index is 1.39. The maximum atomic E-state index is 14.5. The van der Waals surface area contributed by atoms with Gasteiger partial charge in [-0.05, 0) is 66.8 Å². The molecule has 33 heavy (non-hydrogen) atoms. The van der Waals surface area contributed by atoms with E-state index in [1.807, 2.05) is 12.2 Å². The first-order valence-electron chi connectivity index (χ1n) is 11.5. The van der Waals surface area contributed by atoms with E-state index in [2.05, 4.69) is 33.6 Å². The lowest BCUT2D eigenvalue weighted by Gasteiger charge is -2.37. The van der Waals surface area contributed by atoms with Crippen LogP contribution in [0.1, 0.15) is 29.5 Å². The second-order valence-corrected chi connectivity index (χ2v) is 9.31. The molecular weight excluding hydrogens is 421 g/mol. The van der Waals surface area contributed by atoms with Crippen LogP contribution in [0.25, 0.3) is 11.6 Å². The molecule has 3 aliphatic heterocycles. The predicted octanol–water partition coefficient (Wildman–Crippen LogP) is 1.86. The number of likely N-dealkylation sites (tertiary alicyclic amines) is 1. The maximum Gasteiger partial charge on any atom is 0.236 e. The van der Waals surface area contributed by atoms with Gasteiger partial charge in [0.1, 0.15) is 5.82 Å². The standard InChI is InChI=1S/C25H30FN5O2/c1-29-13-20(16-5-7-31(8-6-16)15-23(33)30(2)9-10-32)25-21(14-29)19-12-18(26)11-17-3-4-22(24(17)19)27-28-25/h3-4,11-12,14,16,28,32H,5-10,13,15H2,1-2H3. The highest BCUT2D eigenvalue weighted by Gasteiger charge is 2.33. The summed E-state index contributed by atoms with van der Waals surface area (Å²) in [5.74, 6) is 0.166. The summed E-state index contributed by atoms with van der Waals surface area (Å²) < 4.78 is 14.5. The molecule has 0 bridgehead atoms. The van der Waals surface area contributed by atoms with Crippen molar-refractivity contribution in [2.24, 2.45) is 11.0 Å². The highest BCUT2D eigenvalue weighted by molar-refractivity contribution is 6.20. The minimum absolute atomic E-state index is 0.0217. The van der Waals surface area contributed by atoms with E-state index in [0.717, 1.165) is 66.1 Å². The number of fused-ring (bicyclic) bond motifs is 2. The normalized spacial score (nSPS) is 20.1. The van der Waals surface area contributed by atoms with E-state index in [-0.39, 0.29) is 18.3 Å². The molecule has 1 aromatic rings. The van der Waals surface area contributed by atoms with E-state index in [1.54, 1.807) is 24.1 Å². The number of likely N-dealkylation sites (N-methyl/N-ethyl adjacent to an activating group) is 2. The van der Waals surface area contributed by atoms with Crippen molar-refractivity contribution in [3.05, 3.63) is 58.2 Å². The number of carbonyl (C=O) groups is 1. The van der Waals surface area contributed by atoms with Crippen LogP contribution in [0.15, 0.2) is 40.8 Å². The van der Waals surface area contributed by atoms with Gasteiger partial charge in [-0.25, -0.2) is 4.39 Å². The van der Waals surface area contributed by atoms with Gasteiger partial charge in [-0.2, -0.15) is 5.10 Å². The third-order valence-electron chi connectivity index (χ3n) is 7.05. The minimum Gasteiger partial charge on any atom is -0.395 e. The second-order valence-electron chi connectivity index (χ2n) is 9.31. The van der Waals surface area contributed by atoms with Crippen LogP contribution in [0.2, 0.25) is 0 Å². The summed E-state index contributed by atoms with van der Waals surface area (Å²) >= 11 is 0. The first-order chi connectivity index (χ1) is 15.9. The minimum atomic E-state index is -0.240. The van der Waals surface area contributed by atoms with Gasteiger partial charge in [0.05, 0.1) is 24.6 Å². The van der Waals surface area contributed by atoms with Crippen molar-refractivity contribution >= 4 is 23.3 Å². The molecule has 1 amide bonds. The molecule has 1 aliphatic carbocycles. The van der Waals surface area contributed by atoms with Crippen molar-refractivity contribution in [2.75, 3.05) is 53.4 Å². The predicted molar refractivity (Wildman–Crippen MR) is 127 cm³/mol. The number of rotatable bonds is 5. The number of aliphatic hydroxyl groups excluding tert-OH is 1. The van der Waals surface area contributed by atoms with Crippen molar-refractivity contribution in [2.45, 2.75) is 12.8 Å². The van der Waals surface area contributed by atoms with Gasteiger partial charge in [0, 0.05) is 44.5 Å². The number of allylic oxidation sites excluding steroid dienone is 2. The SMILES string of the molecule is CN1C=C2C(=C(C3CCN(CC(=O)N(C)CCO)CC3)C1)NN=C1C=Cc3cc(F)cc2c31. The summed E-state index contributed by atoms with van der Waals surface area (Å²) in [4.78, 5) is 18.3. The lowest BCUT2D eigenvalue weighted by atomic mass is 9.83. The van der Waals surface area contributed by atoms with Crippen LogP contribution in [0.4, 0.5) is 4.39 Å². The van der Waals surface area contributed by atoms with E-state index in [9.17, 15) is 9.18 Å². The van der Waals surface area contributed by atoms with Crippen molar-refractivity contribution < 1.29 is 14.3 Å². The molecule has 1 saturated heterocycles. The Morgan fingerprint density at radius 1 is 1.30 bits per heavy atom. The number of nitrogens with zero attached hydrogens (tertiary/aromatic N) is 4. The summed E-state index contributed by atoms with van der Waals surface area (Å²) in [5.41, 5.74) is 10.2. The Kier molecular flexibility index (Phi) is 5.80. The van der Waals surface area contributed by atoms with Crippen molar-refractivity contribution in [3.63, 3.8) is 0 Å². The lowest BCUT2D eigenvalue weighted by molar-refractivity contribution is -0.131. The molecule has 7 nitrogen and oxygen atoms in total. The molecule has 1 aromatic carbocycles. The molecule has 0 radical (unpaired) electrons. The van der Waals surface area contributed by atoms with Crippen LogP contribution in [0.5, 0.6) is 0 Å². The molecule has 0 unspecified atom stereocenters. The Bertz CT molecular complexity index is 1100. The van der Waals surface area contributed by atoms with Crippen molar-refractivity contribution in [1.82, 2.24) is 20.1 Å². The lowest BCUT2D eigenvalue weighted by Crippen LogP contribution is -2.43. The number of hydrazone groups is 1. The Morgan fingerprint density at radius 3 is 2.85 bits per heavy atom. The summed E-state index contributed by atoms with van der Waals surface area (Å²) in [6, 6.07) is 3.18. The third kappa shape index (κ3) is 4.09. The topological polar surface area (TPSA) is 71.4 Å². The summed E-state index contributed by atoms with van der Waals surface area (Å²) in [7, 11) is 3.78. The number of carbonyl (C=O) groups excluding carboxylic acids is 1.